The first kappa shape index (κ1) is 24.8. The van der Waals surface area contributed by atoms with Gasteiger partial charge in [0, 0.05) is 23.0 Å². The Morgan fingerprint density at radius 3 is 2.42 bits per heavy atom. The highest BCUT2D eigenvalue weighted by atomic mass is 35.5. The van der Waals surface area contributed by atoms with Crippen molar-refractivity contribution in [1.82, 2.24) is 0 Å². The van der Waals surface area contributed by atoms with Crippen LogP contribution >= 0.6 is 11.6 Å². The van der Waals surface area contributed by atoms with Crippen LogP contribution in [0.4, 0.5) is 17.1 Å². The van der Waals surface area contributed by atoms with Gasteiger partial charge < -0.3 is 20.1 Å². The van der Waals surface area contributed by atoms with Gasteiger partial charge in [-0.3, -0.25) is 14.4 Å². The van der Waals surface area contributed by atoms with Gasteiger partial charge in [0.15, 0.2) is 0 Å². The van der Waals surface area contributed by atoms with Gasteiger partial charge in [0.1, 0.15) is 22.2 Å². The van der Waals surface area contributed by atoms with Crippen LogP contribution in [-0.4, -0.2) is 31.9 Å². The number of aryl methyl sites for hydroxylation is 2. The lowest BCUT2D eigenvalue weighted by molar-refractivity contribution is -0.120. The topological polar surface area (TPSA) is 97.0 Å². The maximum atomic E-state index is 13.3. The normalized spacial score (nSPS) is 13.2. The van der Waals surface area contributed by atoms with Crippen molar-refractivity contribution >= 4 is 46.4 Å². The van der Waals surface area contributed by atoms with E-state index in [-0.39, 0.29) is 22.3 Å². The van der Waals surface area contributed by atoms with Crippen molar-refractivity contribution in [1.29, 1.82) is 0 Å². The van der Waals surface area contributed by atoms with Crippen molar-refractivity contribution in [3.63, 3.8) is 0 Å². The molecule has 1 aliphatic heterocycles. The van der Waals surface area contributed by atoms with Crippen LogP contribution in [0, 0.1) is 13.8 Å². The number of anilines is 3. The zero-order valence-electron chi connectivity index (χ0n) is 20.1. The monoisotopic (exact) mass is 505 g/mol. The summed E-state index contributed by atoms with van der Waals surface area (Å²) in [4.78, 5) is 40.0. The third-order valence-corrected chi connectivity index (χ3v) is 6.04. The van der Waals surface area contributed by atoms with Crippen LogP contribution < -0.4 is 25.0 Å². The minimum absolute atomic E-state index is 0.112. The third kappa shape index (κ3) is 4.76. The molecular formula is C27H24ClN3O5. The molecule has 36 heavy (non-hydrogen) atoms. The van der Waals surface area contributed by atoms with Gasteiger partial charge in [-0.15, -0.1) is 0 Å². The fourth-order valence-electron chi connectivity index (χ4n) is 3.75. The molecule has 0 saturated carbocycles. The van der Waals surface area contributed by atoms with Gasteiger partial charge in [-0.2, -0.15) is 0 Å². The number of imide groups is 1. The van der Waals surface area contributed by atoms with Crippen LogP contribution in [0.5, 0.6) is 11.5 Å². The largest absolute Gasteiger partial charge is 0.497 e. The summed E-state index contributed by atoms with van der Waals surface area (Å²) in [7, 11) is 2.90. The van der Waals surface area contributed by atoms with Gasteiger partial charge >= 0.3 is 0 Å². The Bertz CT molecular complexity index is 1420. The summed E-state index contributed by atoms with van der Waals surface area (Å²) in [5.74, 6) is -0.954. The Labute approximate surface area is 213 Å². The predicted molar refractivity (Wildman–Crippen MR) is 139 cm³/mol. The zero-order valence-corrected chi connectivity index (χ0v) is 20.9. The third-order valence-electron chi connectivity index (χ3n) is 5.69. The maximum absolute atomic E-state index is 13.3. The van der Waals surface area contributed by atoms with E-state index in [0.29, 0.717) is 28.4 Å². The summed E-state index contributed by atoms with van der Waals surface area (Å²) in [6.07, 6.45) is 0. The number of nitrogens with one attached hydrogen (secondary N) is 2. The summed E-state index contributed by atoms with van der Waals surface area (Å²) < 4.78 is 10.5. The second kappa shape index (κ2) is 10.1. The molecule has 4 rings (SSSR count). The smallest absolute Gasteiger partial charge is 0.283 e. The van der Waals surface area contributed by atoms with Crippen LogP contribution in [0.25, 0.3) is 0 Å². The van der Waals surface area contributed by atoms with Gasteiger partial charge in [0.05, 0.1) is 19.9 Å². The van der Waals surface area contributed by atoms with Crippen molar-refractivity contribution in [2.45, 2.75) is 13.8 Å². The quantitative estimate of drug-likeness (QED) is 0.438. The van der Waals surface area contributed by atoms with Crippen molar-refractivity contribution in [2.24, 2.45) is 0 Å². The number of amides is 3. The first-order valence-electron chi connectivity index (χ1n) is 11.0. The van der Waals surface area contributed by atoms with Gasteiger partial charge in [-0.25, -0.2) is 4.90 Å². The number of halogens is 1. The Hall–Kier alpha value is -4.30. The number of carbonyl (C=O) groups is 3. The number of hydrogen-bond acceptors (Lipinski definition) is 6. The maximum Gasteiger partial charge on any atom is 0.283 e. The van der Waals surface area contributed by atoms with Crippen LogP contribution in [0.15, 0.2) is 71.4 Å². The molecule has 1 heterocycles. The molecule has 0 bridgehead atoms. The lowest BCUT2D eigenvalue weighted by Crippen LogP contribution is -2.32. The van der Waals surface area contributed by atoms with Crippen LogP contribution in [0.2, 0.25) is 0 Å². The lowest BCUT2D eigenvalue weighted by atomic mass is 10.1. The summed E-state index contributed by atoms with van der Waals surface area (Å²) in [5, 5.41) is 5.52. The molecule has 0 unspecified atom stereocenters. The van der Waals surface area contributed by atoms with E-state index >= 15 is 0 Å². The van der Waals surface area contributed by atoms with E-state index < -0.39 is 11.8 Å². The van der Waals surface area contributed by atoms with Gasteiger partial charge in [0.25, 0.3) is 17.7 Å². The predicted octanol–water partition coefficient (Wildman–Crippen LogP) is 5.01. The molecule has 0 atom stereocenters. The van der Waals surface area contributed by atoms with Crippen LogP contribution in [0.1, 0.15) is 21.5 Å². The molecule has 3 amide bonds. The molecule has 0 aromatic heterocycles. The molecular weight excluding hydrogens is 482 g/mol. The Balaban J connectivity index is 1.58. The van der Waals surface area contributed by atoms with Gasteiger partial charge in [-0.1, -0.05) is 29.8 Å². The number of carbonyl (C=O) groups excluding carboxylic acids is 3. The SMILES string of the molecule is COc1ccc(OC)c(N2C(=O)C(Cl)=C(Nc3cccc(C(=O)Nc4cc(C)ccc4C)c3)C2=O)c1. The summed E-state index contributed by atoms with van der Waals surface area (Å²) in [6.45, 7) is 3.86. The molecule has 0 saturated heterocycles. The average Bonchev–Trinajstić information content (AvgIpc) is 3.08. The van der Waals surface area contributed by atoms with Gasteiger partial charge in [0.2, 0.25) is 0 Å². The molecule has 0 aliphatic carbocycles. The summed E-state index contributed by atoms with van der Waals surface area (Å²) in [5.41, 5.74) is 3.53. The molecule has 2 N–H and O–H groups in total. The fraction of sp³-hybridized carbons (Fsp3) is 0.148. The Morgan fingerprint density at radius 2 is 1.69 bits per heavy atom. The lowest BCUT2D eigenvalue weighted by Gasteiger charge is -2.19. The van der Waals surface area contributed by atoms with E-state index in [2.05, 4.69) is 10.6 Å². The van der Waals surface area contributed by atoms with Crippen molar-refractivity contribution in [3.05, 3.63) is 88.1 Å². The molecule has 0 spiro atoms. The molecule has 9 heteroatoms. The Morgan fingerprint density at radius 1 is 0.917 bits per heavy atom. The van der Waals surface area contributed by atoms with E-state index in [0.717, 1.165) is 16.0 Å². The number of methoxy groups -OCH3 is 2. The van der Waals surface area contributed by atoms with Gasteiger partial charge in [-0.05, 0) is 61.4 Å². The highest BCUT2D eigenvalue weighted by Crippen LogP contribution is 2.38. The van der Waals surface area contributed by atoms with E-state index in [9.17, 15) is 14.4 Å². The molecule has 3 aromatic carbocycles. The zero-order chi connectivity index (χ0) is 26.0. The molecule has 3 aromatic rings. The molecule has 184 valence electrons. The number of benzene rings is 3. The minimum Gasteiger partial charge on any atom is -0.497 e. The second-order valence-electron chi connectivity index (χ2n) is 8.15. The number of nitrogens with zero attached hydrogens (tertiary/aromatic N) is 1. The van der Waals surface area contributed by atoms with E-state index in [1.807, 2.05) is 32.0 Å². The standard InChI is InChI=1S/C27H24ClN3O5/c1-15-8-9-16(2)20(12-15)30-25(32)17-6-5-7-18(13-17)29-24-23(28)26(33)31(27(24)34)21-14-19(35-3)10-11-22(21)36-4/h5-14,29H,1-4H3,(H,30,32). The summed E-state index contributed by atoms with van der Waals surface area (Å²) in [6, 6.07) is 17.1. The van der Waals surface area contributed by atoms with Crippen molar-refractivity contribution < 1.29 is 23.9 Å². The average molecular weight is 506 g/mol. The molecule has 0 radical (unpaired) electrons. The number of rotatable bonds is 7. The fourth-order valence-corrected chi connectivity index (χ4v) is 3.96. The van der Waals surface area contributed by atoms with E-state index in [4.69, 9.17) is 21.1 Å². The number of ether oxygens (including phenoxy) is 2. The molecule has 8 nitrogen and oxygen atoms in total. The highest BCUT2D eigenvalue weighted by molar-refractivity contribution is 6.53. The van der Waals surface area contributed by atoms with E-state index in [1.54, 1.807) is 36.4 Å². The minimum atomic E-state index is -0.709. The summed E-state index contributed by atoms with van der Waals surface area (Å²) >= 11 is 6.28. The Kier molecular flexibility index (Phi) is 6.98. The highest BCUT2D eigenvalue weighted by Gasteiger charge is 2.40. The number of hydrogen-bond donors (Lipinski definition) is 2. The van der Waals surface area contributed by atoms with Crippen molar-refractivity contribution in [3.8, 4) is 11.5 Å². The molecule has 1 aliphatic rings. The first-order chi connectivity index (χ1) is 17.2. The van der Waals surface area contributed by atoms with Crippen LogP contribution in [-0.2, 0) is 9.59 Å². The molecule has 0 fully saturated rings. The van der Waals surface area contributed by atoms with Crippen LogP contribution in [0.3, 0.4) is 0 Å². The first-order valence-corrected chi connectivity index (χ1v) is 11.4. The second-order valence-corrected chi connectivity index (χ2v) is 8.53. The van der Waals surface area contributed by atoms with E-state index in [1.165, 1.54) is 20.3 Å². The van der Waals surface area contributed by atoms with Crippen molar-refractivity contribution in [2.75, 3.05) is 29.8 Å².